The van der Waals surface area contributed by atoms with Crippen molar-refractivity contribution in [1.29, 1.82) is 0 Å². The number of hydrogen-bond donors (Lipinski definition) is 0. The Labute approximate surface area is 105 Å². The van der Waals surface area contributed by atoms with Crippen LogP contribution in [0.15, 0.2) is 6.33 Å². The first-order valence-corrected chi connectivity index (χ1v) is 6.78. The van der Waals surface area contributed by atoms with E-state index in [-0.39, 0.29) is 0 Å². The van der Waals surface area contributed by atoms with Gasteiger partial charge < -0.3 is 4.57 Å². The molecule has 0 aliphatic carbocycles. The molecule has 0 fully saturated rings. The molecule has 1 atom stereocenters. The molecule has 0 radical (unpaired) electrons. The van der Waals surface area contributed by atoms with Crippen molar-refractivity contribution in [1.82, 2.24) is 14.5 Å². The third kappa shape index (κ3) is 2.39. The highest BCUT2D eigenvalue weighted by atomic mass is 15.2. The molecule has 2 heterocycles. The van der Waals surface area contributed by atoms with Gasteiger partial charge in [0.15, 0.2) is 0 Å². The van der Waals surface area contributed by atoms with Gasteiger partial charge in [-0.1, -0.05) is 20.8 Å². The maximum absolute atomic E-state index is 4.65. The predicted octanol–water partition coefficient (Wildman–Crippen LogP) is 2.87. The summed E-state index contributed by atoms with van der Waals surface area (Å²) in [5.41, 5.74) is 2.75. The summed E-state index contributed by atoms with van der Waals surface area (Å²) in [6.45, 7) is 14.7. The largest absolute Gasteiger partial charge is 0.332 e. The van der Waals surface area contributed by atoms with E-state index in [1.165, 1.54) is 11.4 Å². The molecular weight excluding hydrogens is 210 g/mol. The van der Waals surface area contributed by atoms with Crippen LogP contribution in [-0.4, -0.2) is 27.0 Å². The zero-order valence-corrected chi connectivity index (χ0v) is 11.8. The molecule has 0 aromatic carbocycles. The molecule has 96 valence electrons. The topological polar surface area (TPSA) is 21.1 Å². The third-order valence-corrected chi connectivity index (χ3v) is 4.12. The SMILES string of the molecule is CC(C)C(C)c1ncn2c1CN(C(C)C)CC2. The molecule has 3 heteroatoms. The maximum Gasteiger partial charge on any atom is 0.0952 e. The summed E-state index contributed by atoms with van der Waals surface area (Å²) in [5, 5.41) is 0. The van der Waals surface area contributed by atoms with Gasteiger partial charge in [0.05, 0.1) is 17.7 Å². The van der Waals surface area contributed by atoms with E-state index < -0.39 is 0 Å². The average Bonchev–Trinajstić information content (AvgIpc) is 2.70. The van der Waals surface area contributed by atoms with Gasteiger partial charge in [0.25, 0.3) is 0 Å². The van der Waals surface area contributed by atoms with Crippen LogP contribution in [0.1, 0.15) is 51.9 Å². The zero-order chi connectivity index (χ0) is 12.6. The highest BCUT2D eigenvalue weighted by molar-refractivity contribution is 5.19. The van der Waals surface area contributed by atoms with Gasteiger partial charge in [0, 0.05) is 31.6 Å². The van der Waals surface area contributed by atoms with Gasteiger partial charge in [0.1, 0.15) is 0 Å². The second-order valence-electron chi connectivity index (χ2n) is 5.87. The van der Waals surface area contributed by atoms with Gasteiger partial charge in [0.2, 0.25) is 0 Å². The predicted molar refractivity (Wildman–Crippen MR) is 71.0 cm³/mol. The van der Waals surface area contributed by atoms with Crippen LogP contribution < -0.4 is 0 Å². The highest BCUT2D eigenvalue weighted by Gasteiger charge is 2.25. The van der Waals surface area contributed by atoms with Crippen molar-refractivity contribution in [2.45, 2.75) is 59.7 Å². The number of rotatable bonds is 3. The van der Waals surface area contributed by atoms with Gasteiger partial charge >= 0.3 is 0 Å². The lowest BCUT2D eigenvalue weighted by molar-refractivity contribution is 0.175. The fourth-order valence-electron chi connectivity index (χ4n) is 2.43. The molecule has 2 rings (SSSR count). The van der Waals surface area contributed by atoms with Crippen LogP contribution in [0.25, 0.3) is 0 Å². The van der Waals surface area contributed by atoms with E-state index in [1.807, 2.05) is 6.33 Å². The summed E-state index contributed by atoms with van der Waals surface area (Å²) in [6, 6.07) is 0.626. The molecular formula is C14H25N3. The normalized spacial score (nSPS) is 18.8. The maximum atomic E-state index is 4.65. The molecule has 1 aromatic heterocycles. The van der Waals surface area contributed by atoms with Crippen molar-refractivity contribution in [3.8, 4) is 0 Å². The Hall–Kier alpha value is -0.830. The van der Waals surface area contributed by atoms with Crippen LogP contribution in [0.3, 0.4) is 0 Å². The molecule has 1 aromatic rings. The smallest absolute Gasteiger partial charge is 0.0952 e. The van der Waals surface area contributed by atoms with Gasteiger partial charge in [-0.25, -0.2) is 4.98 Å². The number of nitrogens with zero attached hydrogens (tertiary/aromatic N) is 3. The van der Waals surface area contributed by atoms with Crippen molar-refractivity contribution in [2.24, 2.45) is 5.92 Å². The van der Waals surface area contributed by atoms with E-state index in [1.54, 1.807) is 0 Å². The summed E-state index contributed by atoms with van der Waals surface area (Å²) >= 11 is 0. The minimum Gasteiger partial charge on any atom is -0.332 e. The third-order valence-electron chi connectivity index (χ3n) is 4.12. The summed E-state index contributed by atoms with van der Waals surface area (Å²) in [5.74, 6) is 1.21. The summed E-state index contributed by atoms with van der Waals surface area (Å²) in [6.07, 6.45) is 2.03. The van der Waals surface area contributed by atoms with Gasteiger partial charge in [-0.15, -0.1) is 0 Å². The fraction of sp³-hybridized carbons (Fsp3) is 0.786. The Kier molecular flexibility index (Phi) is 3.57. The molecule has 0 saturated heterocycles. The lowest BCUT2D eigenvalue weighted by Gasteiger charge is -2.32. The quantitative estimate of drug-likeness (QED) is 0.803. The van der Waals surface area contributed by atoms with Crippen LogP contribution in [0, 0.1) is 5.92 Å². The molecule has 0 bridgehead atoms. The molecule has 1 aliphatic heterocycles. The van der Waals surface area contributed by atoms with Crippen LogP contribution >= 0.6 is 0 Å². The Balaban J connectivity index is 2.25. The van der Waals surface area contributed by atoms with E-state index in [0.29, 0.717) is 17.9 Å². The number of aromatic nitrogens is 2. The molecule has 0 amide bonds. The standard InChI is InChI=1S/C14H25N3/c1-10(2)12(5)14-13-8-16(11(3)4)6-7-17(13)9-15-14/h9-12H,6-8H2,1-5H3. The monoisotopic (exact) mass is 235 g/mol. The van der Waals surface area contributed by atoms with Crippen LogP contribution in [0.2, 0.25) is 0 Å². The Morgan fingerprint density at radius 3 is 2.41 bits per heavy atom. The summed E-state index contributed by atoms with van der Waals surface area (Å²) in [7, 11) is 0. The van der Waals surface area contributed by atoms with E-state index in [2.05, 4.69) is 49.1 Å². The van der Waals surface area contributed by atoms with Gasteiger partial charge in [-0.05, 0) is 19.8 Å². The molecule has 0 spiro atoms. The van der Waals surface area contributed by atoms with E-state index >= 15 is 0 Å². The first-order chi connectivity index (χ1) is 8.00. The minimum atomic E-state index is 0.554. The minimum absolute atomic E-state index is 0.554. The first-order valence-electron chi connectivity index (χ1n) is 6.78. The second-order valence-corrected chi connectivity index (χ2v) is 5.87. The lowest BCUT2D eigenvalue weighted by Crippen LogP contribution is -2.38. The molecule has 0 saturated carbocycles. The van der Waals surface area contributed by atoms with Crippen molar-refractivity contribution >= 4 is 0 Å². The molecule has 17 heavy (non-hydrogen) atoms. The van der Waals surface area contributed by atoms with Crippen molar-refractivity contribution < 1.29 is 0 Å². The zero-order valence-electron chi connectivity index (χ0n) is 11.8. The summed E-state index contributed by atoms with van der Waals surface area (Å²) < 4.78 is 2.34. The van der Waals surface area contributed by atoms with E-state index in [9.17, 15) is 0 Å². The van der Waals surface area contributed by atoms with Crippen LogP contribution in [0.4, 0.5) is 0 Å². The fourth-order valence-corrected chi connectivity index (χ4v) is 2.43. The Morgan fingerprint density at radius 2 is 1.82 bits per heavy atom. The van der Waals surface area contributed by atoms with E-state index in [4.69, 9.17) is 0 Å². The molecule has 1 unspecified atom stereocenters. The molecule has 1 aliphatic rings. The summed E-state index contributed by atoms with van der Waals surface area (Å²) in [4.78, 5) is 7.18. The molecule has 3 nitrogen and oxygen atoms in total. The average molecular weight is 235 g/mol. The van der Waals surface area contributed by atoms with Crippen molar-refractivity contribution in [3.05, 3.63) is 17.7 Å². The first kappa shape index (κ1) is 12.6. The van der Waals surface area contributed by atoms with Crippen LogP contribution in [-0.2, 0) is 13.1 Å². The van der Waals surface area contributed by atoms with Crippen molar-refractivity contribution in [3.63, 3.8) is 0 Å². The lowest BCUT2D eigenvalue weighted by atomic mass is 9.93. The Bertz CT molecular complexity index is 379. The number of imidazole rings is 1. The molecule has 0 N–H and O–H groups in total. The number of hydrogen-bond acceptors (Lipinski definition) is 2. The van der Waals surface area contributed by atoms with Crippen molar-refractivity contribution in [2.75, 3.05) is 6.54 Å². The van der Waals surface area contributed by atoms with Crippen LogP contribution in [0.5, 0.6) is 0 Å². The Morgan fingerprint density at radius 1 is 1.12 bits per heavy atom. The van der Waals surface area contributed by atoms with E-state index in [0.717, 1.165) is 19.6 Å². The van der Waals surface area contributed by atoms with Gasteiger partial charge in [-0.2, -0.15) is 0 Å². The second kappa shape index (κ2) is 4.81. The van der Waals surface area contributed by atoms with Gasteiger partial charge in [-0.3, -0.25) is 4.90 Å². The number of fused-ring (bicyclic) bond motifs is 1. The highest BCUT2D eigenvalue weighted by Crippen LogP contribution is 2.28.